The Morgan fingerprint density at radius 1 is 1.75 bits per heavy atom. The van der Waals surface area contributed by atoms with Crippen molar-refractivity contribution in [1.82, 2.24) is 0 Å². The van der Waals surface area contributed by atoms with Crippen LogP contribution in [-0.4, -0.2) is 13.1 Å². The van der Waals surface area contributed by atoms with Crippen molar-refractivity contribution >= 4 is 18.1 Å². The summed E-state index contributed by atoms with van der Waals surface area (Å²) in [5, 5.41) is 0. The van der Waals surface area contributed by atoms with E-state index in [1.807, 2.05) is 0 Å². The molecule has 1 radical (unpaired) electrons. The zero-order chi connectivity index (χ0) is 6.24. The zero-order valence-corrected chi connectivity index (χ0v) is 5.02. The Labute approximate surface area is 53.1 Å². The SMILES string of the molecule is O=[C]OCC/C=C/Cl. The minimum atomic E-state index is 0.354. The van der Waals surface area contributed by atoms with Gasteiger partial charge in [-0.25, -0.2) is 4.79 Å². The molecule has 0 aromatic heterocycles. The Hall–Kier alpha value is -0.500. The lowest BCUT2D eigenvalue weighted by molar-refractivity contribution is 0.284. The third kappa shape index (κ3) is 5.50. The highest BCUT2D eigenvalue weighted by molar-refractivity contribution is 6.25. The normalized spacial score (nSPS) is 9.62. The first-order valence-corrected chi connectivity index (χ1v) is 2.59. The number of rotatable bonds is 4. The summed E-state index contributed by atoms with van der Waals surface area (Å²) >= 11 is 5.15. The molecule has 0 bridgehead atoms. The smallest absolute Gasteiger partial charge is 0.417 e. The second-order valence-electron chi connectivity index (χ2n) is 1.08. The van der Waals surface area contributed by atoms with Crippen molar-refractivity contribution in [3.63, 3.8) is 0 Å². The maximum Gasteiger partial charge on any atom is 0.417 e. The van der Waals surface area contributed by atoms with Gasteiger partial charge in [-0.2, -0.15) is 0 Å². The molecule has 0 aliphatic carbocycles. The Balaban J connectivity index is 2.82. The van der Waals surface area contributed by atoms with Crippen molar-refractivity contribution in [2.75, 3.05) is 6.61 Å². The van der Waals surface area contributed by atoms with Crippen LogP contribution < -0.4 is 0 Å². The fourth-order valence-electron chi connectivity index (χ4n) is 0.232. The van der Waals surface area contributed by atoms with E-state index >= 15 is 0 Å². The van der Waals surface area contributed by atoms with E-state index in [1.54, 1.807) is 6.08 Å². The average Bonchev–Trinajstić information content (AvgIpc) is 1.81. The molecule has 0 aromatic rings. The van der Waals surface area contributed by atoms with Crippen molar-refractivity contribution in [3.05, 3.63) is 11.6 Å². The van der Waals surface area contributed by atoms with E-state index in [1.165, 1.54) is 12.0 Å². The van der Waals surface area contributed by atoms with Gasteiger partial charge in [0.2, 0.25) is 0 Å². The zero-order valence-electron chi connectivity index (χ0n) is 4.26. The second kappa shape index (κ2) is 6.50. The summed E-state index contributed by atoms with van der Waals surface area (Å²) in [6.45, 7) is 1.65. The molecule has 0 amide bonds. The average molecular weight is 134 g/mol. The molecule has 45 valence electrons. The highest BCUT2D eigenvalue weighted by Crippen LogP contribution is 1.84. The number of ether oxygens (including phenoxy) is 1. The minimum Gasteiger partial charge on any atom is -0.457 e. The molecule has 0 saturated heterocycles. The molecule has 0 aliphatic heterocycles. The minimum absolute atomic E-state index is 0.354. The molecule has 8 heavy (non-hydrogen) atoms. The lowest BCUT2D eigenvalue weighted by atomic mass is 10.5. The standard InChI is InChI=1S/C5H6ClO2/c6-3-1-2-4-8-5-7/h1,3H,2,4H2/b3-1+. The molecule has 0 atom stereocenters. The molecule has 0 aromatic carbocycles. The van der Waals surface area contributed by atoms with Crippen LogP contribution >= 0.6 is 11.6 Å². The van der Waals surface area contributed by atoms with E-state index in [0.717, 1.165) is 0 Å². The third-order valence-corrected chi connectivity index (χ3v) is 0.713. The summed E-state index contributed by atoms with van der Waals surface area (Å²) in [7, 11) is 0. The van der Waals surface area contributed by atoms with Crippen LogP contribution in [0.3, 0.4) is 0 Å². The Kier molecular flexibility index (Phi) is 6.09. The van der Waals surface area contributed by atoms with Crippen LogP contribution in [0.15, 0.2) is 11.6 Å². The van der Waals surface area contributed by atoms with Gasteiger partial charge in [0, 0.05) is 12.0 Å². The highest BCUT2D eigenvalue weighted by Gasteiger charge is 1.78. The van der Waals surface area contributed by atoms with Gasteiger partial charge < -0.3 is 4.74 Å². The van der Waals surface area contributed by atoms with E-state index in [4.69, 9.17) is 11.6 Å². The van der Waals surface area contributed by atoms with Crippen molar-refractivity contribution < 1.29 is 9.53 Å². The van der Waals surface area contributed by atoms with Gasteiger partial charge in [0.25, 0.3) is 0 Å². The molecule has 3 heteroatoms. The summed E-state index contributed by atoms with van der Waals surface area (Å²) in [5.74, 6) is 0. The molecule has 0 unspecified atom stereocenters. The topological polar surface area (TPSA) is 26.3 Å². The second-order valence-corrected chi connectivity index (χ2v) is 1.33. The predicted molar refractivity (Wildman–Crippen MR) is 31.3 cm³/mol. The first kappa shape index (κ1) is 7.50. The molecule has 0 rings (SSSR count). The molecule has 0 saturated carbocycles. The van der Waals surface area contributed by atoms with Crippen molar-refractivity contribution in [1.29, 1.82) is 0 Å². The highest BCUT2D eigenvalue weighted by atomic mass is 35.5. The van der Waals surface area contributed by atoms with E-state index in [9.17, 15) is 4.79 Å². The first-order valence-electron chi connectivity index (χ1n) is 2.16. The van der Waals surface area contributed by atoms with Crippen molar-refractivity contribution in [3.8, 4) is 0 Å². The summed E-state index contributed by atoms with van der Waals surface area (Å²) < 4.78 is 4.22. The Morgan fingerprint density at radius 3 is 3.00 bits per heavy atom. The van der Waals surface area contributed by atoms with E-state index in [-0.39, 0.29) is 0 Å². The van der Waals surface area contributed by atoms with Crippen LogP contribution in [0, 0.1) is 0 Å². The molecule has 2 nitrogen and oxygen atoms in total. The van der Waals surface area contributed by atoms with Gasteiger partial charge in [-0.3, -0.25) is 0 Å². The van der Waals surface area contributed by atoms with Crippen LogP contribution in [0.25, 0.3) is 0 Å². The van der Waals surface area contributed by atoms with Gasteiger partial charge >= 0.3 is 6.47 Å². The summed E-state index contributed by atoms with van der Waals surface area (Å²) in [6.07, 6.45) is 2.34. The fourth-order valence-corrected chi connectivity index (χ4v) is 0.358. The maximum absolute atomic E-state index is 9.36. The largest absolute Gasteiger partial charge is 0.457 e. The maximum atomic E-state index is 9.36. The van der Waals surface area contributed by atoms with E-state index in [2.05, 4.69) is 4.74 Å². The lowest BCUT2D eigenvalue weighted by Gasteiger charge is -1.87. The summed E-state index contributed by atoms with van der Waals surface area (Å²) in [6, 6.07) is 0. The predicted octanol–water partition coefficient (Wildman–Crippen LogP) is 1.21. The van der Waals surface area contributed by atoms with Crippen LogP contribution in [-0.2, 0) is 9.53 Å². The van der Waals surface area contributed by atoms with E-state index in [0.29, 0.717) is 13.0 Å². The molecular weight excluding hydrogens is 128 g/mol. The Bertz CT molecular complexity index is 80.5. The quantitative estimate of drug-likeness (QED) is 0.539. The summed E-state index contributed by atoms with van der Waals surface area (Å²) in [5.41, 5.74) is 1.38. The number of carbonyl (C=O) groups excluding carboxylic acids is 1. The summed E-state index contributed by atoms with van der Waals surface area (Å²) in [4.78, 5) is 9.36. The van der Waals surface area contributed by atoms with Crippen LogP contribution in [0.4, 0.5) is 0 Å². The van der Waals surface area contributed by atoms with Gasteiger partial charge in [-0.15, -0.1) is 0 Å². The van der Waals surface area contributed by atoms with Gasteiger partial charge in [0.1, 0.15) is 0 Å². The van der Waals surface area contributed by atoms with Crippen LogP contribution in [0.5, 0.6) is 0 Å². The van der Waals surface area contributed by atoms with Crippen LogP contribution in [0.1, 0.15) is 6.42 Å². The van der Waals surface area contributed by atoms with Gasteiger partial charge in [0.15, 0.2) is 0 Å². The fraction of sp³-hybridized carbons (Fsp3) is 0.400. The van der Waals surface area contributed by atoms with Gasteiger partial charge in [-0.05, 0) is 0 Å². The molecule has 0 aliphatic rings. The lowest BCUT2D eigenvalue weighted by Crippen LogP contribution is -1.87. The Morgan fingerprint density at radius 2 is 2.50 bits per heavy atom. The molecule has 0 spiro atoms. The number of hydrogen-bond donors (Lipinski definition) is 0. The molecule has 0 heterocycles. The number of hydrogen-bond acceptors (Lipinski definition) is 2. The number of halogens is 1. The van der Waals surface area contributed by atoms with Gasteiger partial charge in [0.05, 0.1) is 6.61 Å². The van der Waals surface area contributed by atoms with Crippen molar-refractivity contribution in [2.45, 2.75) is 6.42 Å². The van der Waals surface area contributed by atoms with Crippen LogP contribution in [0.2, 0.25) is 0 Å². The van der Waals surface area contributed by atoms with Gasteiger partial charge in [-0.1, -0.05) is 17.7 Å². The van der Waals surface area contributed by atoms with E-state index < -0.39 is 0 Å². The molecule has 0 N–H and O–H groups in total. The first-order chi connectivity index (χ1) is 3.91. The monoisotopic (exact) mass is 133 g/mol. The van der Waals surface area contributed by atoms with Crippen molar-refractivity contribution in [2.24, 2.45) is 0 Å². The molecule has 0 fully saturated rings. The third-order valence-electron chi connectivity index (χ3n) is 0.535. The molecular formula is C5H6ClO2.